The van der Waals surface area contributed by atoms with Crippen molar-refractivity contribution in [1.29, 1.82) is 0 Å². The second kappa shape index (κ2) is 10.7. The number of para-hydroxylation sites is 1. The van der Waals surface area contributed by atoms with Crippen LogP contribution < -0.4 is 4.31 Å². The van der Waals surface area contributed by atoms with E-state index in [2.05, 4.69) is 4.98 Å². The first-order valence-corrected chi connectivity index (χ1v) is 11.3. The summed E-state index contributed by atoms with van der Waals surface area (Å²) < 4.78 is 59.4. The maximum atomic E-state index is 13.4. The molecule has 8 nitrogen and oxygen atoms in total. The highest BCUT2D eigenvalue weighted by molar-refractivity contribution is 7.86. The quantitative estimate of drug-likeness (QED) is 0.155. The van der Waals surface area contributed by atoms with Crippen LogP contribution in [0.2, 0.25) is 10.0 Å². The zero-order chi connectivity index (χ0) is 25.9. The zero-order valence-electron chi connectivity index (χ0n) is 17.6. The van der Waals surface area contributed by atoms with E-state index in [1.54, 1.807) is 0 Å². The van der Waals surface area contributed by atoms with Gasteiger partial charge in [0, 0.05) is 19.4 Å². The highest BCUT2D eigenvalue weighted by Gasteiger charge is 2.35. The number of aromatic nitrogens is 1. The van der Waals surface area contributed by atoms with Gasteiger partial charge in [0.25, 0.3) is 5.69 Å². The van der Waals surface area contributed by atoms with Crippen LogP contribution in [0, 0.1) is 10.1 Å². The van der Waals surface area contributed by atoms with Gasteiger partial charge < -0.3 is 4.74 Å². The van der Waals surface area contributed by atoms with Crippen LogP contribution in [0.5, 0.6) is 0 Å². The molecule has 0 aliphatic rings. The Morgan fingerprint density at radius 1 is 1.20 bits per heavy atom. The van der Waals surface area contributed by atoms with E-state index >= 15 is 0 Å². The van der Waals surface area contributed by atoms with Gasteiger partial charge in [0.15, 0.2) is 11.0 Å². The Morgan fingerprint density at radius 3 is 2.51 bits per heavy atom. The fraction of sp³-hybridized carbons (Fsp3) is 0.143. The normalized spacial score (nSPS) is 12.3. The summed E-state index contributed by atoms with van der Waals surface area (Å²) in [6.45, 7) is -0.463. The predicted octanol–water partition coefficient (Wildman–Crippen LogP) is 5.68. The van der Waals surface area contributed by atoms with Gasteiger partial charge in [0.1, 0.15) is 18.0 Å². The SMILES string of the molecule is COCN(c1cc(Cl)cnc1C(=O)c1ccccc1[N+](=O)[O-])S(=O)c1ccc(Cl)c(C(F)(F)F)c1. The number of halogens is 5. The highest BCUT2D eigenvalue weighted by Crippen LogP contribution is 2.37. The summed E-state index contributed by atoms with van der Waals surface area (Å²) >= 11 is 11.7. The van der Waals surface area contributed by atoms with Crippen molar-refractivity contribution in [2.45, 2.75) is 11.1 Å². The molecule has 1 atom stereocenters. The first-order valence-electron chi connectivity index (χ1n) is 9.44. The van der Waals surface area contributed by atoms with Crippen LogP contribution in [0.4, 0.5) is 24.5 Å². The van der Waals surface area contributed by atoms with Crippen molar-refractivity contribution in [1.82, 2.24) is 4.98 Å². The molecule has 0 saturated carbocycles. The van der Waals surface area contributed by atoms with E-state index < -0.39 is 50.9 Å². The Bertz CT molecular complexity index is 1320. The summed E-state index contributed by atoms with van der Waals surface area (Å²) in [5.74, 6) is -0.894. The molecule has 0 fully saturated rings. The number of anilines is 1. The molecule has 0 N–H and O–H groups in total. The molecule has 184 valence electrons. The number of nitrogens with zero attached hydrogens (tertiary/aromatic N) is 3. The average molecular weight is 548 g/mol. The molecular weight excluding hydrogens is 534 g/mol. The number of carbonyl (C=O) groups excluding carboxylic acids is 1. The lowest BCUT2D eigenvalue weighted by Crippen LogP contribution is -2.30. The first-order chi connectivity index (χ1) is 16.5. The molecule has 0 radical (unpaired) electrons. The molecule has 0 bridgehead atoms. The molecular formula is C21H14Cl2F3N3O5S. The van der Waals surface area contributed by atoms with Gasteiger partial charge in [-0.15, -0.1) is 0 Å². The summed E-state index contributed by atoms with van der Waals surface area (Å²) in [4.78, 5) is 27.6. The van der Waals surface area contributed by atoms with E-state index in [0.29, 0.717) is 6.07 Å². The van der Waals surface area contributed by atoms with Crippen molar-refractivity contribution in [3.05, 3.63) is 91.7 Å². The molecule has 1 unspecified atom stereocenters. The molecule has 0 aliphatic carbocycles. The minimum atomic E-state index is -4.81. The molecule has 1 heterocycles. The number of hydrogen-bond donors (Lipinski definition) is 0. The van der Waals surface area contributed by atoms with E-state index in [1.165, 1.54) is 31.4 Å². The number of ketones is 1. The molecule has 14 heteroatoms. The average Bonchev–Trinajstić information content (AvgIpc) is 2.81. The van der Waals surface area contributed by atoms with E-state index in [0.717, 1.165) is 28.7 Å². The van der Waals surface area contributed by atoms with Gasteiger partial charge in [0.05, 0.1) is 31.1 Å². The topological polar surface area (TPSA) is 103 Å². The third-order valence-electron chi connectivity index (χ3n) is 4.55. The van der Waals surface area contributed by atoms with Gasteiger partial charge in [-0.3, -0.25) is 19.2 Å². The maximum Gasteiger partial charge on any atom is 0.417 e. The highest BCUT2D eigenvalue weighted by atomic mass is 35.5. The molecule has 3 rings (SSSR count). The Hall–Kier alpha value is -3.06. The molecule has 0 saturated heterocycles. The zero-order valence-corrected chi connectivity index (χ0v) is 19.9. The number of benzene rings is 2. The van der Waals surface area contributed by atoms with Crippen LogP contribution in [0.25, 0.3) is 0 Å². The van der Waals surface area contributed by atoms with Crippen LogP contribution in [0.3, 0.4) is 0 Å². The van der Waals surface area contributed by atoms with Crippen molar-refractivity contribution in [2.24, 2.45) is 0 Å². The Morgan fingerprint density at radius 2 is 1.89 bits per heavy atom. The number of rotatable bonds is 8. The molecule has 0 aliphatic heterocycles. The minimum absolute atomic E-state index is 0.00398. The van der Waals surface area contributed by atoms with Crippen LogP contribution in [0.15, 0.2) is 59.6 Å². The van der Waals surface area contributed by atoms with Gasteiger partial charge in [-0.25, -0.2) is 9.19 Å². The summed E-state index contributed by atoms with van der Waals surface area (Å²) in [5, 5.41) is 10.8. The van der Waals surface area contributed by atoms with Crippen LogP contribution in [0.1, 0.15) is 21.6 Å². The molecule has 0 amide bonds. The predicted molar refractivity (Wildman–Crippen MR) is 123 cm³/mol. The number of hydrogen-bond acceptors (Lipinski definition) is 6. The fourth-order valence-corrected chi connectivity index (χ4v) is 4.58. The number of ether oxygens (including phenoxy) is 1. The number of alkyl halides is 3. The number of methoxy groups -OCH3 is 1. The third-order valence-corrected chi connectivity index (χ3v) is 6.45. The molecule has 2 aromatic carbocycles. The second-order valence-electron chi connectivity index (χ2n) is 6.81. The van der Waals surface area contributed by atoms with Gasteiger partial charge >= 0.3 is 6.18 Å². The smallest absolute Gasteiger partial charge is 0.363 e. The van der Waals surface area contributed by atoms with Gasteiger partial charge in [-0.1, -0.05) is 35.3 Å². The van der Waals surface area contributed by atoms with Crippen molar-refractivity contribution < 1.29 is 31.8 Å². The van der Waals surface area contributed by atoms with E-state index in [-0.39, 0.29) is 26.9 Å². The summed E-state index contributed by atoms with van der Waals surface area (Å²) in [6, 6.07) is 9.00. The van der Waals surface area contributed by atoms with Crippen molar-refractivity contribution in [3.63, 3.8) is 0 Å². The Balaban J connectivity index is 2.16. The standard InChI is InChI=1S/C21H14Cl2F3N3O5S/c1-34-11-28(35(33)13-6-7-16(23)15(9-13)21(24,25)26)18-8-12(22)10-27-19(18)20(30)14-4-2-3-5-17(14)29(31)32/h2-10H,11H2,1H3. The fourth-order valence-electron chi connectivity index (χ4n) is 3.03. The van der Waals surface area contributed by atoms with Crippen LogP contribution in [-0.4, -0.2) is 33.7 Å². The van der Waals surface area contributed by atoms with Gasteiger partial charge in [0.2, 0.25) is 5.78 Å². The largest absolute Gasteiger partial charge is 0.417 e. The Kier molecular flexibility index (Phi) is 8.11. The van der Waals surface area contributed by atoms with Gasteiger partial charge in [-0.2, -0.15) is 13.2 Å². The van der Waals surface area contributed by atoms with Crippen molar-refractivity contribution >= 4 is 51.3 Å². The molecule has 0 spiro atoms. The van der Waals surface area contributed by atoms with Crippen LogP contribution >= 0.6 is 23.2 Å². The third kappa shape index (κ3) is 5.78. The maximum absolute atomic E-state index is 13.4. The lowest BCUT2D eigenvalue weighted by Gasteiger charge is -2.24. The lowest BCUT2D eigenvalue weighted by atomic mass is 10.0. The monoisotopic (exact) mass is 547 g/mol. The van der Waals surface area contributed by atoms with Crippen LogP contribution in [-0.2, 0) is 21.9 Å². The molecule has 1 aromatic heterocycles. The number of carbonyl (C=O) groups is 1. The summed E-state index contributed by atoms with van der Waals surface area (Å²) in [6.07, 6.45) is -3.71. The first kappa shape index (κ1) is 26.5. The second-order valence-corrected chi connectivity index (χ2v) is 9.06. The van der Waals surface area contributed by atoms with Crippen molar-refractivity contribution in [3.8, 4) is 0 Å². The molecule has 3 aromatic rings. The summed E-state index contributed by atoms with van der Waals surface area (Å²) in [5.41, 5.74) is -2.55. The Labute approximate surface area is 209 Å². The van der Waals surface area contributed by atoms with E-state index in [1.807, 2.05) is 0 Å². The minimum Gasteiger partial charge on any atom is -0.363 e. The number of pyridine rings is 1. The lowest BCUT2D eigenvalue weighted by molar-refractivity contribution is -0.385. The number of nitro groups is 1. The van der Waals surface area contributed by atoms with E-state index in [9.17, 15) is 32.3 Å². The van der Waals surface area contributed by atoms with Gasteiger partial charge in [-0.05, 0) is 30.3 Å². The number of nitro benzene ring substituents is 1. The summed E-state index contributed by atoms with van der Waals surface area (Å²) in [7, 11) is -1.14. The van der Waals surface area contributed by atoms with Crippen molar-refractivity contribution in [2.75, 3.05) is 18.1 Å². The van der Waals surface area contributed by atoms with E-state index in [4.69, 9.17) is 27.9 Å². The molecule has 35 heavy (non-hydrogen) atoms.